The maximum absolute atomic E-state index is 5.72. The maximum Gasteiger partial charge on any atom is 0.120 e. The largest absolute Gasteiger partial charge is 0.491 e. The molecule has 1 aromatic carbocycles. The number of benzene rings is 1. The van der Waals surface area contributed by atoms with Gasteiger partial charge in [-0.2, -0.15) is 5.10 Å². The van der Waals surface area contributed by atoms with Crippen molar-refractivity contribution in [1.29, 1.82) is 0 Å². The number of nitrogens with two attached hydrogens (primary N) is 1. The van der Waals surface area contributed by atoms with Gasteiger partial charge in [0.1, 0.15) is 5.75 Å². The molecule has 0 bridgehead atoms. The van der Waals surface area contributed by atoms with E-state index in [2.05, 4.69) is 10.5 Å². The summed E-state index contributed by atoms with van der Waals surface area (Å²) in [5, 5.41) is 4.18. The first kappa shape index (κ1) is 14.6. The molecule has 1 atom stereocenters. The van der Waals surface area contributed by atoms with Crippen molar-refractivity contribution in [1.82, 2.24) is 15.2 Å². The van der Waals surface area contributed by atoms with Crippen molar-refractivity contribution in [3.63, 3.8) is 0 Å². The van der Waals surface area contributed by atoms with Crippen LogP contribution in [0.25, 0.3) is 0 Å². The van der Waals surface area contributed by atoms with E-state index in [0.717, 1.165) is 23.3 Å². The summed E-state index contributed by atoms with van der Waals surface area (Å²) >= 11 is 0. The second-order valence-electron chi connectivity index (χ2n) is 5.18. The second-order valence-corrected chi connectivity index (χ2v) is 5.18. The molecule has 0 aliphatic heterocycles. The standard InChI is InChI=1S/C15H22N4O/c1-11(2)20-14-6-4-5-13(8-14)15(18-16)7-12-9-17-19(3)10-12/h4-6,8-11,15,18H,7,16H2,1-3H3. The van der Waals surface area contributed by atoms with Gasteiger partial charge in [-0.25, -0.2) is 0 Å². The van der Waals surface area contributed by atoms with Crippen molar-refractivity contribution in [2.75, 3.05) is 0 Å². The molecule has 5 nitrogen and oxygen atoms in total. The van der Waals surface area contributed by atoms with Gasteiger partial charge in [-0.05, 0) is 43.5 Å². The zero-order valence-electron chi connectivity index (χ0n) is 12.2. The Morgan fingerprint density at radius 3 is 2.80 bits per heavy atom. The van der Waals surface area contributed by atoms with Crippen LogP contribution in [-0.2, 0) is 13.5 Å². The van der Waals surface area contributed by atoms with Crippen LogP contribution in [0.4, 0.5) is 0 Å². The van der Waals surface area contributed by atoms with Gasteiger partial charge in [-0.1, -0.05) is 12.1 Å². The predicted octanol–water partition coefficient (Wildman–Crippen LogP) is 1.95. The number of hydrazine groups is 1. The number of nitrogens with zero attached hydrogens (tertiary/aromatic N) is 2. The van der Waals surface area contributed by atoms with E-state index in [0.29, 0.717) is 0 Å². The summed E-state index contributed by atoms with van der Waals surface area (Å²) in [4.78, 5) is 0. The van der Waals surface area contributed by atoms with Gasteiger partial charge < -0.3 is 4.74 Å². The Balaban J connectivity index is 2.14. The summed E-state index contributed by atoms with van der Waals surface area (Å²) in [6.45, 7) is 4.03. The molecule has 0 aliphatic carbocycles. The van der Waals surface area contributed by atoms with Gasteiger partial charge in [0, 0.05) is 13.2 Å². The molecule has 20 heavy (non-hydrogen) atoms. The molecule has 1 aromatic heterocycles. The van der Waals surface area contributed by atoms with Gasteiger partial charge in [0.15, 0.2) is 0 Å². The molecule has 3 N–H and O–H groups in total. The van der Waals surface area contributed by atoms with Crippen LogP contribution >= 0.6 is 0 Å². The highest BCUT2D eigenvalue weighted by atomic mass is 16.5. The topological polar surface area (TPSA) is 65.1 Å². The molecule has 0 amide bonds. The highest BCUT2D eigenvalue weighted by molar-refractivity contribution is 5.31. The molecule has 0 aliphatic rings. The van der Waals surface area contributed by atoms with E-state index < -0.39 is 0 Å². The quantitative estimate of drug-likeness (QED) is 0.624. The summed E-state index contributed by atoms with van der Waals surface area (Å²) < 4.78 is 7.51. The van der Waals surface area contributed by atoms with Crippen LogP contribution < -0.4 is 16.0 Å². The van der Waals surface area contributed by atoms with Gasteiger partial charge in [0.25, 0.3) is 0 Å². The van der Waals surface area contributed by atoms with Crippen LogP contribution in [0, 0.1) is 0 Å². The fourth-order valence-corrected chi connectivity index (χ4v) is 2.16. The van der Waals surface area contributed by atoms with Gasteiger partial charge in [0.05, 0.1) is 18.3 Å². The van der Waals surface area contributed by atoms with Crippen LogP contribution in [0.2, 0.25) is 0 Å². The molecule has 2 rings (SSSR count). The SMILES string of the molecule is CC(C)Oc1cccc(C(Cc2cnn(C)c2)NN)c1. The number of aromatic nitrogens is 2. The smallest absolute Gasteiger partial charge is 0.120 e. The van der Waals surface area contributed by atoms with E-state index in [9.17, 15) is 0 Å². The monoisotopic (exact) mass is 274 g/mol. The van der Waals surface area contributed by atoms with Crippen molar-refractivity contribution in [3.8, 4) is 5.75 Å². The van der Waals surface area contributed by atoms with Crippen LogP contribution in [-0.4, -0.2) is 15.9 Å². The number of hydrogen-bond donors (Lipinski definition) is 2. The lowest BCUT2D eigenvalue weighted by atomic mass is 10.0. The zero-order chi connectivity index (χ0) is 14.5. The molecule has 0 radical (unpaired) electrons. The first-order valence-corrected chi connectivity index (χ1v) is 6.78. The van der Waals surface area contributed by atoms with Crippen LogP contribution in [0.5, 0.6) is 5.75 Å². The van der Waals surface area contributed by atoms with Gasteiger partial charge in [-0.15, -0.1) is 0 Å². The third-order valence-corrected chi connectivity index (χ3v) is 3.03. The zero-order valence-corrected chi connectivity index (χ0v) is 12.2. The van der Waals surface area contributed by atoms with Crippen molar-refractivity contribution >= 4 is 0 Å². The number of ether oxygens (including phenoxy) is 1. The molecule has 0 fully saturated rings. The molecule has 2 aromatic rings. The first-order valence-electron chi connectivity index (χ1n) is 6.78. The average molecular weight is 274 g/mol. The van der Waals surface area contributed by atoms with E-state index in [1.165, 1.54) is 0 Å². The van der Waals surface area contributed by atoms with E-state index >= 15 is 0 Å². The summed E-state index contributed by atoms with van der Waals surface area (Å²) in [7, 11) is 1.91. The summed E-state index contributed by atoms with van der Waals surface area (Å²) in [6, 6.07) is 8.06. The average Bonchev–Trinajstić information content (AvgIpc) is 2.81. The number of aryl methyl sites for hydroxylation is 1. The highest BCUT2D eigenvalue weighted by Gasteiger charge is 2.12. The van der Waals surface area contributed by atoms with E-state index in [1.807, 2.05) is 57.6 Å². The molecule has 0 saturated heterocycles. The molecule has 0 saturated carbocycles. The Kier molecular flexibility index (Phi) is 4.76. The van der Waals surface area contributed by atoms with Crippen molar-refractivity contribution in [2.24, 2.45) is 12.9 Å². The maximum atomic E-state index is 5.72. The highest BCUT2D eigenvalue weighted by Crippen LogP contribution is 2.22. The Labute approximate surface area is 119 Å². The van der Waals surface area contributed by atoms with E-state index in [4.69, 9.17) is 10.6 Å². The third kappa shape index (κ3) is 3.82. The third-order valence-electron chi connectivity index (χ3n) is 3.03. The first-order chi connectivity index (χ1) is 9.58. The lowest BCUT2D eigenvalue weighted by Gasteiger charge is -2.17. The number of rotatable bonds is 6. The summed E-state index contributed by atoms with van der Waals surface area (Å²) in [5.41, 5.74) is 5.11. The summed E-state index contributed by atoms with van der Waals surface area (Å²) in [6.07, 6.45) is 4.81. The molecule has 1 heterocycles. The van der Waals surface area contributed by atoms with Crippen molar-refractivity contribution in [2.45, 2.75) is 32.4 Å². The van der Waals surface area contributed by atoms with Crippen LogP contribution in [0.1, 0.15) is 31.0 Å². The molecular weight excluding hydrogens is 252 g/mol. The van der Waals surface area contributed by atoms with Crippen LogP contribution in [0.15, 0.2) is 36.7 Å². The Morgan fingerprint density at radius 2 is 2.20 bits per heavy atom. The second kappa shape index (κ2) is 6.54. The van der Waals surface area contributed by atoms with Gasteiger partial charge in [-0.3, -0.25) is 16.0 Å². The predicted molar refractivity (Wildman–Crippen MR) is 79.2 cm³/mol. The van der Waals surface area contributed by atoms with E-state index in [-0.39, 0.29) is 12.1 Å². The molecule has 108 valence electrons. The molecule has 0 spiro atoms. The fourth-order valence-electron chi connectivity index (χ4n) is 2.16. The molecule has 1 unspecified atom stereocenters. The fraction of sp³-hybridized carbons (Fsp3) is 0.400. The minimum Gasteiger partial charge on any atom is -0.491 e. The lowest BCUT2D eigenvalue weighted by molar-refractivity contribution is 0.242. The van der Waals surface area contributed by atoms with Crippen molar-refractivity contribution < 1.29 is 4.74 Å². The molecule has 5 heteroatoms. The number of hydrogen-bond acceptors (Lipinski definition) is 4. The Bertz CT molecular complexity index is 550. The van der Waals surface area contributed by atoms with E-state index in [1.54, 1.807) is 4.68 Å². The minimum absolute atomic E-state index is 0.0370. The Hall–Kier alpha value is -1.85. The molecular formula is C15H22N4O. The van der Waals surface area contributed by atoms with Gasteiger partial charge in [0.2, 0.25) is 0 Å². The van der Waals surface area contributed by atoms with Crippen molar-refractivity contribution in [3.05, 3.63) is 47.8 Å². The van der Waals surface area contributed by atoms with Gasteiger partial charge >= 0.3 is 0 Å². The van der Waals surface area contributed by atoms with Crippen LogP contribution in [0.3, 0.4) is 0 Å². The number of nitrogens with one attached hydrogen (secondary N) is 1. The minimum atomic E-state index is 0.0370. The summed E-state index contributed by atoms with van der Waals surface area (Å²) in [5.74, 6) is 6.56. The Morgan fingerprint density at radius 1 is 1.40 bits per heavy atom. The lowest BCUT2D eigenvalue weighted by Crippen LogP contribution is -2.29. The normalized spacial score (nSPS) is 12.7.